The zero-order chi connectivity index (χ0) is 20.2. The molecule has 6 heteroatoms. The van der Waals surface area contributed by atoms with Gasteiger partial charge in [-0.25, -0.2) is 9.97 Å². The number of aromatic nitrogens is 2. The molecule has 0 radical (unpaired) electrons. The second-order valence-corrected chi connectivity index (χ2v) is 8.40. The van der Waals surface area contributed by atoms with Gasteiger partial charge in [-0.3, -0.25) is 4.79 Å². The number of aryl methyl sites for hydroxylation is 1. The molecule has 29 heavy (non-hydrogen) atoms. The summed E-state index contributed by atoms with van der Waals surface area (Å²) in [4.78, 5) is 27.0. The smallest absolute Gasteiger partial charge is 0.224 e. The minimum atomic E-state index is 0.0260. The van der Waals surface area contributed by atoms with Gasteiger partial charge in [0.2, 0.25) is 5.91 Å². The van der Waals surface area contributed by atoms with Gasteiger partial charge >= 0.3 is 0 Å². The second kappa shape index (κ2) is 8.91. The van der Waals surface area contributed by atoms with Gasteiger partial charge in [0, 0.05) is 43.0 Å². The Morgan fingerprint density at radius 2 is 2.00 bits per heavy atom. The fourth-order valence-corrected chi connectivity index (χ4v) is 4.32. The van der Waals surface area contributed by atoms with Crippen molar-refractivity contribution in [2.24, 2.45) is 5.92 Å². The van der Waals surface area contributed by atoms with Crippen molar-refractivity contribution >= 4 is 11.7 Å². The molecule has 0 unspecified atom stereocenters. The van der Waals surface area contributed by atoms with E-state index >= 15 is 0 Å². The number of rotatable bonds is 6. The van der Waals surface area contributed by atoms with Gasteiger partial charge in [0.1, 0.15) is 5.82 Å². The van der Waals surface area contributed by atoms with E-state index in [2.05, 4.69) is 27.2 Å². The maximum atomic E-state index is 12.7. The van der Waals surface area contributed by atoms with Crippen LogP contribution in [0, 0.1) is 5.92 Å². The number of benzene rings is 1. The average Bonchev–Trinajstić information content (AvgIpc) is 3.22. The Morgan fingerprint density at radius 3 is 2.79 bits per heavy atom. The fraction of sp³-hybridized carbons (Fsp3) is 0.522. The number of hydrogen-bond acceptors (Lipinski definition) is 5. The van der Waals surface area contributed by atoms with Crippen molar-refractivity contribution < 1.29 is 4.79 Å². The molecule has 1 aromatic heterocycles. The molecule has 1 atom stereocenters. The number of nitrogens with one attached hydrogen (secondary N) is 1. The summed E-state index contributed by atoms with van der Waals surface area (Å²) in [6, 6.07) is 10.2. The summed E-state index contributed by atoms with van der Waals surface area (Å²) in [5, 5.41) is 3.11. The highest BCUT2D eigenvalue weighted by molar-refractivity contribution is 5.79. The van der Waals surface area contributed by atoms with E-state index in [9.17, 15) is 4.79 Å². The third kappa shape index (κ3) is 4.58. The molecule has 4 rings (SSSR count). The maximum absolute atomic E-state index is 12.7. The largest absolute Gasteiger partial charge is 0.355 e. The lowest BCUT2D eigenvalue weighted by Crippen LogP contribution is -2.45. The molecule has 1 amide bonds. The molecule has 1 fully saturated rings. The van der Waals surface area contributed by atoms with Crippen LogP contribution in [0.1, 0.15) is 30.5 Å². The van der Waals surface area contributed by atoms with Gasteiger partial charge in [-0.1, -0.05) is 30.3 Å². The van der Waals surface area contributed by atoms with Crippen molar-refractivity contribution in [2.45, 2.75) is 32.1 Å². The van der Waals surface area contributed by atoms with Crippen LogP contribution < -0.4 is 10.2 Å². The number of piperidine rings is 1. The summed E-state index contributed by atoms with van der Waals surface area (Å²) < 4.78 is 0. The number of likely N-dealkylation sites (N-methyl/N-ethyl adjacent to an activating group) is 1. The Hall–Kier alpha value is -2.47. The molecule has 1 N–H and O–H groups in total. The monoisotopic (exact) mass is 393 g/mol. The molecular formula is C23H31N5O. The molecule has 0 bridgehead atoms. The number of fused-ring (bicyclic) bond motifs is 1. The highest BCUT2D eigenvalue weighted by atomic mass is 16.1. The highest BCUT2D eigenvalue weighted by Crippen LogP contribution is 2.33. The Kier molecular flexibility index (Phi) is 6.09. The predicted molar refractivity (Wildman–Crippen MR) is 116 cm³/mol. The van der Waals surface area contributed by atoms with E-state index in [0.717, 1.165) is 68.9 Å². The first-order valence-corrected chi connectivity index (χ1v) is 10.7. The van der Waals surface area contributed by atoms with Crippen molar-refractivity contribution in [3.63, 3.8) is 0 Å². The van der Waals surface area contributed by atoms with E-state index in [1.807, 2.05) is 32.3 Å². The minimum absolute atomic E-state index is 0.0260. The van der Waals surface area contributed by atoms with Crippen LogP contribution in [0.25, 0.3) is 11.4 Å². The Balaban J connectivity index is 1.54. The summed E-state index contributed by atoms with van der Waals surface area (Å²) in [6.45, 7) is 3.26. The molecule has 2 aromatic rings. The Morgan fingerprint density at radius 1 is 1.17 bits per heavy atom. The molecule has 1 saturated heterocycles. The van der Waals surface area contributed by atoms with Crippen LogP contribution in [0.4, 0.5) is 5.82 Å². The first kappa shape index (κ1) is 19.8. The zero-order valence-corrected chi connectivity index (χ0v) is 17.5. The number of amides is 1. The molecule has 0 saturated carbocycles. The molecule has 2 aliphatic rings. The van der Waals surface area contributed by atoms with E-state index in [4.69, 9.17) is 9.97 Å². The second-order valence-electron chi connectivity index (χ2n) is 8.40. The van der Waals surface area contributed by atoms with Crippen LogP contribution >= 0.6 is 0 Å². The molecule has 0 spiro atoms. The van der Waals surface area contributed by atoms with Crippen LogP contribution in [0.2, 0.25) is 0 Å². The Bertz CT molecular complexity index is 852. The summed E-state index contributed by atoms with van der Waals surface area (Å²) >= 11 is 0. The summed E-state index contributed by atoms with van der Waals surface area (Å²) in [5.74, 6) is 2.06. The number of anilines is 1. The van der Waals surface area contributed by atoms with E-state index < -0.39 is 0 Å². The number of carbonyl (C=O) groups excluding carboxylic acids is 1. The van der Waals surface area contributed by atoms with E-state index in [-0.39, 0.29) is 11.8 Å². The summed E-state index contributed by atoms with van der Waals surface area (Å²) in [7, 11) is 4.04. The number of hydrogen-bond donors (Lipinski definition) is 1. The first-order chi connectivity index (χ1) is 14.1. The van der Waals surface area contributed by atoms with E-state index in [1.165, 1.54) is 11.3 Å². The fourth-order valence-electron chi connectivity index (χ4n) is 4.32. The molecule has 154 valence electrons. The third-order valence-electron chi connectivity index (χ3n) is 5.89. The first-order valence-electron chi connectivity index (χ1n) is 10.7. The third-order valence-corrected chi connectivity index (χ3v) is 5.89. The van der Waals surface area contributed by atoms with Gasteiger partial charge in [-0.15, -0.1) is 0 Å². The molecule has 1 aliphatic heterocycles. The summed E-state index contributed by atoms with van der Waals surface area (Å²) in [6.07, 6.45) is 5.16. The van der Waals surface area contributed by atoms with E-state index in [0.29, 0.717) is 6.54 Å². The molecule has 1 aromatic carbocycles. The molecule has 2 heterocycles. The van der Waals surface area contributed by atoms with Gasteiger partial charge in [0.25, 0.3) is 0 Å². The lowest BCUT2D eigenvalue weighted by molar-refractivity contribution is -0.125. The van der Waals surface area contributed by atoms with Gasteiger partial charge in [0.05, 0.1) is 5.92 Å². The minimum Gasteiger partial charge on any atom is -0.355 e. The van der Waals surface area contributed by atoms with Crippen molar-refractivity contribution in [3.8, 4) is 11.4 Å². The topological polar surface area (TPSA) is 61.4 Å². The van der Waals surface area contributed by atoms with Crippen molar-refractivity contribution in [1.29, 1.82) is 0 Å². The van der Waals surface area contributed by atoms with Gasteiger partial charge in [-0.05, 0) is 46.2 Å². The number of nitrogens with zero attached hydrogens (tertiary/aromatic N) is 4. The van der Waals surface area contributed by atoms with Crippen LogP contribution in [0.3, 0.4) is 0 Å². The average molecular weight is 394 g/mol. The predicted octanol–water partition coefficient (Wildman–Crippen LogP) is 2.53. The zero-order valence-electron chi connectivity index (χ0n) is 17.5. The van der Waals surface area contributed by atoms with E-state index in [1.54, 1.807) is 0 Å². The SMILES string of the molecule is CN(C)CCNC(=O)[C@H]1CCCN(c2nc(-c3ccccc3)nc3c2CCC3)C1. The maximum Gasteiger partial charge on any atom is 0.224 e. The summed E-state index contributed by atoms with van der Waals surface area (Å²) in [5.41, 5.74) is 3.53. The van der Waals surface area contributed by atoms with Gasteiger partial charge in [-0.2, -0.15) is 0 Å². The molecular weight excluding hydrogens is 362 g/mol. The standard InChI is InChI=1S/C23H31N5O/c1-27(2)15-13-24-23(29)18-10-7-14-28(16-18)22-19-11-6-12-20(19)25-21(26-22)17-8-4-3-5-9-17/h3-5,8-9,18H,6-7,10-16H2,1-2H3,(H,24,29)/t18-/m0/s1. The van der Waals surface area contributed by atoms with Crippen LogP contribution in [0.15, 0.2) is 30.3 Å². The van der Waals surface area contributed by atoms with Gasteiger partial charge in [0.15, 0.2) is 5.82 Å². The number of carbonyl (C=O) groups is 1. The van der Waals surface area contributed by atoms with Gasteiger partial charge < -0.3 is 15.1 Å². The normalized spacial score (nSPS) is 18.7. The van der Waals surface area contributed by atoms with Crippen molar-refractivity contribution in [3.05, 3.63) is 41.6 Å². The quantitative estimate of drug-likeness (QED) is 0.817. The highest BCUT2D eigenvalue weighted by Gasteiger charge is 2.30. The molecule has 1 aliphatic carbocycles. The van der Waals surface area contributed by atoms with Crippen LogP contribution in [0.5, 0.6) is 0 Å². The van der Waals surface area contributed by atoms with Crippen LogP contribution in [-0.4, -0.2) is 61.0 Å². The Labute approximate surface area is 173 Å². The lowest BCUT2D eigenvalue weighted by Gasteiger charge is -2.34. The van der Waals surface area contributed by atoms with Crippen molar-refractivity contribution in [1.82, 2.24) is 20.2 Å². The van der Waals surface area contributed by atoms with Crippen LogP contribution in [-0.2, 0) is 17.6 Å². The lowest BCUT2D eigenvalue weighted by atomic mass is 9.96. The van der Waals surface area contributed by atoms with Crippen molar-refractivity contribution in [2.75, 3.05) is 45.2 Å². The molecule has 6 nitrogen and oxygen atoms in total.